The molecule has 3 N–H and O–H groups in total. The second kappa shape index (κ2) is 14.6. The Balaban J connectivity index is 1.23. The van der Waals surface area contributed by atoms with Crippen molar-refractivity contribution in [3.05, 3.63) is 0 Å². The molecule has 9 heteroatoms. The Morgan fingerprint density at radius 1 is 1.02 bits per heavy atom. The van der Waals surface area contributed by atoms with Gasteiger partial charge in [0.05, 0.1) is 43.5 Å². The van der Waals surface area contributed by atoms with Gasteiger partial charge in [0.15, 0.2) is 0 Å². The van der Waals surface area contributed by atoms with Crippen molar-refractivity contribution in [2.24, 2.45) is 23.7 Å². The van der Waals surface area contributed by atoms with E-state index in [4.69, 9.17) is 14.2 Å². The number of aliphatic hydroxyl groups excluding tert-OH is 2. The van der Waals surface area contributed by atoms with Crippen molar-refractivity contribution in [1.82, 2.24) is 15.1 Å². The van der Waals surface area contributed by atoms with Crippen molar-refractivity contribution in [1.29, 1.82) is 0 Å². The van der Waals surface area contributed by atoms with Gasteiger partial charge in [-0.05, 0) is 70.4 Å². The SMILES string of the molecule is CN(C)CCOC1CC2CCN(C(=O)C3C(O)CC(O)CC3OCC3CCCCC3)CC2C(N[C@@H]2CCOC2)C1. The largest absolute Gasteiger partial charge is 0.393 e. The molecule has 0 spiro atoms. The molecule has 230 valence electrons. The maximum Gasteiger partial charge on any atom is 0.230 e. The highest BCUT2D eigenvalue weighted by Gasteiger charge is 2.47. The third-order valence-corrected chi connectivity index (χ3v) is 10.4. The lowest BCUT2D eigenvalue weighted by molar-refractivity contribution is -0.163. The topological polar surface area (TPSA) is 104 Å². The maximum absolute atomic E-state index is 14.1. The second-order valence-corrected chi connectivity index (χ2v) is 13.7. The quantitative estimate of drug-likeness (QED) is 0.370. The van der Waals surface area contributed by atoms with Crippen molar-refractivity contribution < 1.29 is 29.2 Å². The van der Waals surface area contributed by atoms with Crippen LogP contribution in [0.25, 0.3) is 0 Å². The highest BCUT2D eigenvalue weighted by molar-refractivity contribution is 5.80. The second-order valence-electron chi connectivity index (χ2n) is 13.7. The van der Waals surface area contributed by atoms with Crippen LogP contribution in [0.1, 0.15) is 70.6 Å². The van der Waals surface area contributed by atoms with Crippen molar-refractivity contribution in [2.45, 2.75) is 107 Å². The number of likely N-dealkylation sites (N-methyl/N-ethyl adjacent to an activating group) is 1. The number of nitrogens with zero attached hydrogens (tertiary/aromatic N) is 2. The first kappa shape index (κ1) is 30.6. The number of nitrogens with one attached hydrogen (secondary N) is 1. The molecule has 40 heavy (non-hydrogen) atoms. The van der Waals surface area contributed by atoms with Crippen LogP contribution in [0.5, 0.6) is 0 Å². The summed E-state index contributed by atoms with van der Waals surface area (Å²) in [5.41, 5.74) is 0. The van der Waals surface area contributed by atoms with Gasteiger partial charge in [0.25, 0.3) is 0 Å². The maximum atomic E-state index is 14.1. The normalized spacial score (nSPS) is 39.4. The molecule has 8 unspecified atom stereocenters. The van der Waals surface area contributed by atoms with Crippen LogP contribution < -0.4 is 5.32 Å². The van der Waals surface area contributed by atoms with E-state index >= 15 is 0 Å². The fourth-order valence-corrected chi connectivity index (χ4v) is 8.07. The minimum absolute atomic E-state index is 0.0128. The first-order chi connectivity index (χ1) is 19.4. The van der Waals surface area contributed by atoms with Gasteiger partial charge >= 0.3 is 0 Å². The van der Waals surface area contributed by atoms with Gasteiger partial charge < -0.3 is 39.5 Å². The van der Waals surface area contributed by atoms with Crippen molar-refractivity contribution in [2.75, 3.05) is 60.2 Å². The number of fused-ring (bicyclic) bond motifs is 1. The summed E-state index contributed by atoms with van der Waals surface area (Å²) < 4.78 is 18.4. The van der Waals surface area contributed by atoms with Crippen LogP contribution in [0.15, 0.2) is 0 Å². The van der Waals surface area contributed by atoms with Gasteiger partial charge in [-0.3, -0.25) is 4.79 Å². The minimum Gasteiger partial charge on any atom is -0.393 e. The molecular weight excluding hydrogens is 510 g/mol. The number of likely N-dealkylation sites (tertiary alicyclic amines) is 1. The smallest absolute Gasteiger partial charge is 0.230 e. The van der Waals surface area contributed by atoms with Gasteiger partial charge in [-0.25, -0.2) is 0 Å². The average Bonchev–Trinajstić information content (AvgIpc) is 3.45. The van der Waals surface area contributed by atoms with E-state index in [0.29, 0.717) is 49.9 Å². The average molecular weight is 566 g/mol. The van der Waals surface area contributed by atoms with E-state index in [1.807, 2.05) is 4.90 Å². The van der Waals surface area contributed by atoms with Crippen LogP contribution in [-0.2, 0) is 19.0 Å². The number of rotatable bonds is 10. The van der Waals surface area contributed by atoms with Gasteiger partial charge in [-0.15, -0.1) is 0 Å². The Hall–Kier alpha value is -0.810. The molecule has 0 bridgehead atoms. The number of carbonyl (C=O) groups excluding carboxylic acids is 1. The Labute approximate surface area is 241 Å². The van der Waals surface area contributed by atoms with Gasteiger partial charge in [-0.1, -0.05) is 19.3 Å². The highest BCUT2D eigenvalue weighted by Crippen LogP contribution is 2.40. The van der Waals surface area contributed by atoms with Gasteiger partial charge in [0, 0.05) is 57.8 Å². The first-order valence-electron chi connectivity index (χ1n) is 16.2. The monoisotopic (exact) mass is 565 g/mol. The van der Waals surface area contributed by atoms with Gasteiger partial charge in [0.2, 0.25) is 5.91 Å². The fraction of sp³-hybridized carbons (Fsp3) is 0.968. The van der Waals surface area contributed by atoms with E-state index in [-0.39, 0.29) is 24.5 Å². The molecule has 2 saturated heterocycles. The molecule has 5 fully saturated rings. The Kier molecular flexibility index (Phi) is 11.2. The number of hydrogen-bond donors (Lipinski definition) is 3. The Morgan fingerprint density at radius 2 is 1.85 bits per heavy atom. The van der Waals surface area contributed by atoms with Gasteiger partial charge in [-0.2, -0.15) is 0 Å². The van der Waals surface area contributed by atoms with Crippen LogP contribution in [0.3, 0.4) is 0 Å². The summed E-state index contributed by atoms with van der Waals surface area (Å²) in [6.07, 6.45) is 9.12. The number of aliphatic hydroxyl groups is 2. The summed E-state index contributed by atoms with van der Waals surface area (Å²) in [4.78, 5) is 18.2. The van der Waals surface area contributed by atoms with Crippen molar-refractivity contribution in [3.8, 4) is 0 Å². The molecule has 9 atom stereocenters. The van der Waals surface area contributed by atoms with Crippen LogP contribution in [0.2, 0.25) is 0 Å². The van der Waals surface area contributed by atoms with Gasteiger partial charge in [0.1, 0.15) is 0 Å². The zero-order valence-electron chi connectivity index (χ0n) is 24.9. The molecule has 9 nitrogen and oxygen atoms in total. The zero-order valence-corrected chi connectivity index (χ0v) is 24.9. The van der Waals surface area contributed by atoms with E-state index in [1.165, 1.54) is 32.1 Å². The molecule has 0 aromatic carbocycles. The molecule has 5 aliphatic rings. The molecule has 1 amide bonds. The Bertz CT molecular complexity index is 789. The van der Waals surface area contributed by atoms with E-state index in [1.54, 1.807) is 0 Å². The highest BCUT2D eigenvalue weighted by atomic mass is 16.5. The fourth-order valence-electron chi connectivity index (χ4n) is 8.07. The molecule has 2 aliphatic heterocycles. The number of piperidine rings is 1. The lowest BCUT2D eigenvalue weighted by atomic mass is 9.70. The predicted octanol–water partition coefficient (Wildman–Crippen LogP) is 2.04. The third-order valence-electron chi connectivity index (χ3n) is 10.4. The zero-order chi connectivity index (χ0) is 28.1. The molecule has 5 rings (SSSR count). The number of carbonyl (C=O) groups is 1. The third kappa shape index (κ3) is 7.97. The molecule has 0 aromatic rings. The van der Waals surface area contributed by atoms with Crippen LogP contribution >= 0.6 is 0 Å². The summed E-state index contributed by atoms with van der Waals surface area (Å²) >= 11 is 0. The molecule has 0 aromatic heterocycles. The summed E-state index contributed by atoms with van der Waals surface area (Å²) in [5.74, 6) is 0.819. The summed E-state index contributed by atoms with van der Waals surface area (Å²) in [5, 5.41) is 25.4. The van der Waals surface area contributed by atoms with Crippen LogP contribution in [0.4, 0.5) is 0 Å². The van der Waals surface area contributed by atoms with Crippen LogP contribution in [0, 0.1) is 23.7 Å². The van der Waals surface area contributed by atoms with Crippen LogP contribution in [-0.4, -0.2) is 123 Å². The summed E-state index contributed by atoms with van der Waals surface area (Å²) in [7, 11) is 4.15. The molecule has 3 saturated carbocycles. The Morgan fingerprint density at radius 3 is 2.60 bits per heavy atom. The number of amides is 1. The molecule has 3 aliphatic carbocycles. The lowest BCUT2D eigenvalue weighted by Gasteiger charge is -2.49. The van der Waals surface area contributed by atoms with E-state index in [9.17, 15) is 15.0 Å². The van der Waals surface area contributed by atoms with E-state index in [2.05, 4.69) is 24.3 Å². The first-order valence-corrected chi connectivity index (χ1v) is 16.2. The van der Waals surface area contributed by atoms with Crippen molar-refractivity contribution in [3.63, 3.8) is 0 Å². The van der Waals surface area contributed by atoms with E-state index < -0.39 is 24.2 Å². The van der Waals surface area contributed by atoms with E-state index in [0.717, 1.165) is 52.0 Å². The lowest BCUT2D eigenvalue weighted by Crippen LogP contribution is -2.60. The minimum atomic E-state index is -0.865. The number of ether oxygens (including phenoxy) is 3. The molecular formula is C31H55N3O6. The standard InChI is InChI=1S/C31H55N3O6/c1-33(2)11-13-39-25-14-22-8-10-34(18-26(22)27(17-25)32-23-9-12-38-20-23)31(37)30-28(36)15-24(35)16-29(30)40-19-21-6-4-3-5-7-21/h21-30,32,35-36H,3-20H2,1-2H3/t22?,23-,24?,25?,26?,27?,28?,29?,30?/m1/s1. The predicted molar refractivity (Wildman–Crippen MR) is 153 cm³/mol. The number of hydrogen-bond acceptors (Lipinski definition) is 8. The summed E-state index contributed by atoms with van der Waals surface area (Å²) in [6, 6.07) is 0.637. The molecule has 2 heterocycles. The van der Waals surface area contributed by atoms with Crippen molar-refractivity contribution >= 4 is 5.91 Å². The summed E-state index contributed by atoms with van der Waals surface area (Å²) in [6.45, 7) is 5.27. The molecule has 0 radical (unpaired) electrons.